The van der Waals surface area contributed by atoms with Gasteiger partial charge in [-0.1, -0.05) is 0 Å². The number of amides is 1. The van der Waals surface area contributed by atoms with Crippen LogP contribution < -0.4 is 10.5 Å². The molecule has 0 spiro atoms. The van der Waals surface area contributed by atoms with Gasteiger partial charge in [-0.15, -0.1) is 0 Å². The predicted molar refractivity (Wildman–Crippen MR) is 62.5 cm³/mol. The highest BCUT2D eigenvalue weighted by atomic mass is 16.5. The van der Waals surface area contributed by atoms with Gasteiger partial charge in [0.1, 0.15) is 11.4 Å². The molecule has 0 saturated heterocycles. The Morgan fingerprint density at radius 2 is 1.88 bits per heavy atom. The molecule has 0 aliphatic carbocycles. The van der Waals surface area contributed by atoms with Crippen molar-refractivity contribution in [2.75, 3.05) is 7.11 Å². The molecule has 1 amide bonds. The smallest absolute Gasteiger partial charge is 0.268 e. The molecule has 1 heterocycles. The Hall–Kier alpha value is -2.43. The van der Waals surface area contributed by atoms with E-state index in [4.69, 9.17) is 10.5 Å². The molecule has 2 N–H and O–H groups in total. The number of carbonyl (C=O) groups is 1. The minimum atomic E-state index is -0.584. The maximum Gasteiger partial charge on any atom is 0.268 e. The third-order valence-corrected chi connectivity index (χ3v) is 2.29. The molecule has 0 fully saturated rings. The molecule has 0 aliphatic heterocycles. The normalized spacial score (nSPS) is 9.94. The van der Waals surface area contributed by atoms with E-state index in [1.54, 1.807) is 7.11 Å². The van der Waals surface area contributed by atoms with Crippen LogP contribution in [-0.4, -0.2) is 23.0 Å². The molecule has 0 bridgehead atoms. The molecule has 5 nitrogen and oxygen atoms in total. The van der Waals surface area contributed by atoms with Crippen molar-refractivity contribution in [3.05, 3.63) is 42.4 Å². The van der Waals surface area contributed by atoms with Gasteiger partial charge in [0, 0.05) is 5.56 Å². The summed E-state index contributed by atoms with van der Waals surface area (Å²) in [6.45, 7) is 0. The highest BCUT2D eigenvalue weighted by molar-refractivity contribution is 5.90. The molecule has 0 unspecified atom stereocenters. The quantitative estimate of drug-likeness (QED) is 0.859. The van der Waals surface area contributed by atoms with Crippen molar-refractivity contribution in [3.8, 4) is 17.0 Å². The van der Waals surface area contributed by atoms with E-state index < -0.39 is 5.91 Å². The first-order valence-electron chi connectivity index (χ1n) is 4.97. The van der Waals surface area contributed by atoms with Crippen LogP contribution in [0.15, 0.2) is 36.7 Å². The van der Waals surface area contributed by atoms with E-state index in [1.807, 2.05) is 24.3 Å². The topological polar surface area (TPSA) is 78.1 Å². The van der Waals surface area contributed by atoms with Crippen LogP contribution in [0.3, 0.4) is 0 Å². The van der Waals surface area contributed by atoms with Crippen LogP contribution >= 0.6 is 0 Å². The van der Waals surface area contributed by atoms with Crippen LogP contribution in [0.5, 0.6) is 5.75 Å². The highest BCUT2D eigenvalue weighted by Crippen LogP contribution is 2.19. The molecule has 0 aliphatic rings. The van der Waals surface area contributed by atoms with Crippen molar-refractivity contribution < 1.29 is 9.53 Å². The van der Waals surface area contributed by atoms with Gasteiger partial charge in [-0.2, -0.15) is 0 Å². The van der Waals surface area contributed by atoms with Crippen molar-refractivity contribution in [3.63, 3.8) is 0 Å². The van der Waals surface area contributed by atoms with E-state index >= 15 is 0 Å². The van der Waals surface area contributed by atoms with E-state index in [2.05, 4.69) is 9.97 Å². The third kappa shape index (κ3) is 2.39. The molecule has 86 valence electrons. The molecule has 0 radical (unpaired) electrons. The first kappa shape index (κ1) is 11.1. The molecular weight excluding hydrogens is 218 g/mol. The van der Waals surface area contributed by atoms with Crippen molar-refractivity contribution in [2.45, 2.75) is 0 Å². The zero-order valence-electron chi connectivity index (χ0n) is 9.25. The molecular formula is C12H11N3O2. The maximum absolute atomic E-state index is 10.8. The molecule has 17 heavy (non-hydrogen) atoms. The lowest BCUT2D eigenvalue weighted by atomic mass is 10.1. The largest absolute Gasteiger partial charge is 0.497 e. The molecule has 0 atom stereocenters. The van der Waals surface area contributed by atoms with Crippen LogP contribution in [0, 0.1) is 0 Å². The van der Waals surface area contributed by atoms with Crippen molar-refractivity contribution in [2.24, 2.45) is 5.73 Å². The SMILES string of the molecule is COc1ccc(-c2cnc(C(N)=O)cn2)cc1. The number of rotatable bonds is 3. The van der Waals surface area contributed by atoms with Crippen LogP contribution in [0.2, 0.25) is 0 Å². The summed E-state index contributed by atoms with van der Waals surface area (Å²) in [7, 11) is 1.61. The fourth-order valence-electron chi connectivity index (χ4n) is 1.37. The summed E-state index contributed by atoms with van der Waals surface area (Å²) in [6, 6.07) is 7.40. The van der Waals surface area contributed by atoms with E-state index in [-0.39, 0.29) is 5.69 Å². The van der Waals surface area contributed by atoms with Crippen molar-refractivity contribution >= 4 is 5.91 Å². The van der Waals surface area contributed by atoms with Crippen LogP contribution in [0.4, 0.5) is 0 Å². The summed E-state index contributed by atoms with van der Waals surface area (Å²) in [6.07, 6.45) is 2.88. The second-order valence-corrected chi connectivity index (χ2v) is 3.38. The van der Waals surface area contributed by atoms with Gasteiger partial charge in [-0.05, 0) is 24.3 Å². The van der Waals surface area contributed by atoms with Crippen LogP contribution in [-0.2, 0) is 0 Å². The lowest BCUT2D eigenvalue weighted by molar-refractivity contribution is 0.0995. The first-order valence-corrected chi connectivity index (χ1v) is 4.97. The van der Waals surface area contributed by atoms with Crippen molar-refractivity contribution in [1.29, 1.82) is 0 Å². The minimum absolute atomic E-state index is 0.155. The Kier molecular flexibility index (Phi) is 3.00. The van der Waals surface area contributed by atoms with Gasteiger partial charge in [-0.3, -0.25) is 9.78 Å². The van der Waals surface area contributed by atoms with Crippen molar-refractivity contribution in [1.82, 2.24) is 9.97 Å². The van der Waals surface area contributed by atoms with E-state index in [9.17, 15) is 4.79 Å². The maximum atomic E-state index is 10.8. The number of primary amides is 1. The number of carbonyl (C=O) groups excluding carboxylic acids is 1. The van der Waals surface area contributed by atoms with Crippen LogP contribution in [0.1, 0.15) is 10.5 Å². The van der Waals surface area contributed by atoms with E-state index in [0.717, 1.165) is 11.3 Å². The molecule has 5 heteroatoms. The second kappa shape index (κ2) is 4.61. The lowest BCUT2D eigenvalue weighted by Crippen LogP contribution is -2.13. The molecule has 2 rings (SSSR count). The number of nitrogens with two attached hydrogens (primary N) is 1. The Balaban J connectivity index is 2.29. The lowest BCUT2D eigenvalue weighted by Gasteiger charge is -2.03. The number of hydrogen-bond acceptors (Lipinski definition) is 4. The van der Waals surface area contributed by atoms with Gasteiger partial charge in [0.2, 0.25) is 0 Å². The second-order valence-electron chi connectivity index (χ2n) is 3.38. The average Bonchev–Trinajstić information content (AvgIpc) is 2.39. The minimum Gasteiger partial charge on any atom is -0.497 e. The number of aromatic nitrogens is 2. The van der Waals surface area contributed by atoms with Gasteiger partial charge in [-0.25, -0.2) is 4.98 Å². The number of nitrogens with zero attached hydrogens (tertiary/aromatic N) is 2. The van der Waals surface area contributed by atoms with Gasteiger partial charge in [0.05, 0.1) is 25.2 Å². The summed E-state index contributed by atoms with van der Waals surface area (Å²) in [5.41, 5.74) is 6.81. The summed E-state index contributed by atoms with van der Waals surface area (Å²) in [4.78, 5) is 18.9. The Morgan fingerprint density at radius 3 is 2.35 bits per heavy atom. The summed E-state index contributed by atoms with van der Waals surface area (Å²) in [5.74, 6) is 0.189. The number of ether oxygens (including phenoxy) is 1. The molecule has 1 aromatic heterocycles. The fourth-order valence-corrected chi connectivity index (χ4v) is 1.37. The number of benzene rings is 1. The van der Waals surface area contributed by atoms with Gasteiger partial charge >= 0.3 is 0 Å². The summed E-state index contributed by atoms with van der Waals surface area (Å²) in [5, 5.41) is 0. The van der Waals surface area contributed by atoms with E-state index in [0.29, 0.717) is 5.69 Å². The Labute approximate surface area is 98.3 Å². The summed E-state index contributed by atoms with van der Waals surface area (Å²) < 4.78 is 5.06. The Bertz CT molecular complexity index is 520. The average molecular weight is 229 g/mol. The number of hydrogen-bond donors (Lipinski definition) is 1. The van der Waals surface area contributed by atoms with Gasteiger partial charge in [0.25, 0.3) is 5.91 Å². The molecule has 0 saturated carbocycles. The molecule has 1 aromatic carbocycles. The van der Waals surface area contributed by atoms with Gasteiger partial charge in [0.15, 0.2) is 0 Å². The third-order valence-electron chi connectivity index (χ3n) is 2.29. The zero-order valence-corrected chi connectivity index (χ0v) is 9.25. The van der Waals surface area contributed by atoms with E-state index in [1.165, 1.54) is 12.4 Å². The Morgan fingerprint density at radius 1 is 1.18 bits per heavy atom. The predicted octanol–water partition coefficient (Wildman–Crippen LogP) is 1.25. The number of methoxy groups -OCH3 is 1. The molecule has 2 aromatic rings. The zero-order chi connectivity index (χ0) is 12.3. The highest BCUT2D eigenvalue weighted by Gasteiger charge is 2.04. The fraction of sp³-hybridized carbons (Fsp3) is 0.0833. The monoisotopic (exact) mass is 229 g/mol. The summed E-state index contributed by atoms with van der Waals surface area (Å²) >= 11 is 0. The van der Waals surface area contributed by atoms with Gasteiger partial charge < -0.3 is 10.5 Å². The standard InChI is InChI=1S/C12H11N3O2/c1-17-9-4-2-8(3-5-9)10-6-15-11(7-14-10)12(13)16/h2-7H,1H3,(H2,13,16). The van der Waals surface area contributed by atoms with Crippen LogP contribution in [0.25, 0.3) is 11.3 Å². The first-order chi connectivity index (χ1) is 8.20.